The van der Waals surface area contributed by atoms with Gasteiger partial charge in [-0.05, 0) is 48.9 Å². The van der Waals surface area contributed by atoms with Crippen LogP contribution in [0.4, 0.5) is 13.2 Å². The SMILES string of the molecule is CC(C)[C@@H](C)[NH+](Cc1ccc(F)cc1F)Cc1cccn1Cc1ccc(F)cc1. The first-order valence-electron chi connectivity index (χ1n) is 10.0. The number of halogens is 3. The van der Waals surface area contributed by atoms with Gasteiger partial charge in [0.15, 0.2) is 0 Å². The topological polar surface area (TPSA) is 9.37 Å². The fourth-order valence-corrected chi connectivity index (χ4v) is 3.55. The molecule has 1 N–H and O–H groups in total. The van der Waals surface area contributed by atoms with Crippen molar-refractivity contribution >= 4 is 0 Å². The highest BCUT2D eigenvalue weighted by Crippen LogP contribution is 2.12. The maximum Gasteiger partial charge on any atom is 0.134 e. The monoisotopic (exact) mass is 401 g/mol. The summed E-state index contributed by atoms with van der Waals surface area (Å²) in [6.45, 7) is 8.32. The predicted molar refractivity (Wildman–Crippen MR) is 109 cm³/mol. The smallest absolute Gasteiger partial charge is 0.134 e. The summed E-state index contributed by atoms with van der Waals surface area (Å²) < 4.78 is 42.9. The molecule has 2 atom stereocenters. The Hall–Kier alpha value is -2.53. The molecule has 1 heterocycles. The molecular weight excluding hydrogens is 373 g/mol. The van der Waals surface area contributed by atoms with Crippen LogP contribution in [0.5, 0.6) is 0 Å². The molecule has 154 valence electrons. The van der Waals surface area contributed by atoms with E-state index in [1.807, 2.05) is 12.3 Å². The molecule has 3 rings (SSSR count). The van der Waals surface area contributed by atoms with Crippen molar-refractivity contribution in [2.75, 3.05) is 0 Å². The van der Waals surface area contributed by atoms with Gasteiger partial charge in [-0.1, -0.05) is 26.0 Å². The average molecular weight is 401 g/mol. The molecule has 0 aliphatic carbocycles. The van der Waals surface area contributed by atoms with Crippen molar-refractivity contribution in [1.82, 2.24) is 4.57 Å². The molecule has 1 aromatic heterocycles. The molecule has 1 unspecified atom stereocenters. The number of aromatic nitrogens is 1. The molecule has 0 bridgehead atoms. The van der Waals surface area contributed by atoms with E-state index in [4.69, 9.17) is 0 Å². The van der Waals surface area contributed by atoms with Gasteiger partial charge in [0.2, 0.25) is 0 Å². The lowest BCUT2D eigenvalue weighted by atomic mass is 10.0. The fourth-order valence-electron chi connectivity index (χ4n) is 3.55. The van der Waals surface area contributed by atoms with Gasteiger partial charge < -0.3 is 9.47 Å². The lowest BCUT2D eigenvalue weighted by Gasteiger charge is -2.29. The third-order valence-corrected chi connectivity index (χ3v) is 5.67. The lowest BCUT2D eigenvalue weighted by Crippen LogP contribution is -3.13. The van der Waals surface area contributed by atoms with Crippen LogP contribution in [-0.4, -0.2) is 10.6 Å². The summed E-state index contributed by atoms with van der Waals surface area (Å²) in [5.41, 5.74) is 2.66. The molecule has 29 heavy (non-hydrogen) atoms. The van der Waals surface area contributed by atoms with Gasteiger partial charge in [-0.15, -0.1) is 0 Å². The van der Waals surface area contributed by atoms with Crippen LogP contribution in [0.2, 0.25) is 0 Å². The second-order valence-electron chi connectivity index (χ2n) is 8.03. The highest BCUT2D eigenvalue weighted by atomic mass is 19.1. The summed E-state index contributed by atoms with van der Waals surface area (Å²) in [5.74, 6) is -0.892. The summed E-state index contributed by atoms with van der Waals surface area (Å²) >= 11 is 0. The van der Waals surface area contributed by atoms with Crippen molar-refractivity contribution in [3.63, 3.8) is 0 Å². The van der Waals surface area contributed by atoms with Crippen molar-refractivity contribution in [3.8, 4) is 0 Å². The van der Waals surface area contributed by atoms with Crippen LogP contribution in [0.1, 0.15) is 37.6 Å². The maximum atomic E-state index is 14.3. The van der Waals surface area contributed by atoms with Crippen LogP contribution < -0.4 is 4.90 Å². The number of rotatable bonds is 8. The minimum Gasteiger partial charge on any atom is -0.342 e. The van der Waals surface area contributed by atoms with Gasteiger partial charge in [0.25, 0.3) is 0 Å². The lowest BCUT2D eigenvalue weighted by molar-refractivity contribution is -0.954. The summed E-state index contributed by atoms with van der Waals surface area (Å²) in [5, 5.41) is 0. The van der Waals surface area contributed by atoms with Crippen molar-refractivity contribution in [2.24, 2.45) is 5.92 Å². The maximum absolute atomic E-state index is 14.3. The van der Waals surface area contributed by atoms with E-state index in [-0.39, 0.29) is 11.9 Å². The standard InChI is InChI=1S/C24H27F3N2/c1-17(2)18(3)29(15-20-8-11-22(26)13-24(20)27)16-23-5-4-12-28(23)14-19-6-9-21(25)10-7-19/h4-13,17-18H,14-16H2,1-3H3/p+1/t18-/m1/s1. The van der Waals surface area contributed by atoms with E-state index < -0.39 is 11.6 Å². The third-order valence-electron chi connectivity index (χ3n) is 5.67. The van der Waals surface area contributed by atoms with Gasteiger partial charge in [0.1, 0.15) is 30.5 Å². The highest BCUT2D eigenvalue weighted by molar-refractivity contribution is 5.19. The van der Waals surface area contributed by atoms with Gasteiger partial charge >= 0.3 is 0 Å². The van der Waals surface area contributed by atoms with E-state index in [0.29, 0.717) is 31.1 Å². The van der Waals surface area contributed by atoms with Crippen molar-refractivity contribution in [1.29, 1.82) is 0 Å². The Labute approximate surface area is 170 Å². The van der Waals surface area contributed by atoms with Gasteiger partial charge in [0.05, 0.1) is 11.7 Å². The van der Waals surface area contributed by atoms with E-state index in [1.54, 1.807) is 12.1 Å². The van der Waals surface area contributed by atoms with Crippen LogP contribution in [0.25, 0.3) is 0 Å². The molecule has 2 aromatic carbocycles. The van der Waals surface area contributed by atoms with Gasteiger partial charge in [-0.2, -0.15) is 0 Å². The second kappa shape index (κ2) is 9.31. The van der Waals surface area contributed by atoms with E-state index in [1.165, 1.54) is 29.2 Å². The van der Waals surface area contributed by atoms with E-state index >= 15 is 0 Å². The Morgan fingerprint density at radius 3 is 2.21 bits per heavy atom. The number of benzene rings is 2. The first-order valence-corrected chi connectivity index (χ1v) is 10.0. The number of nitrogens with one attached hydrogen (secondary N) is 1. The largest absolute Gasteiger partial charge is 0.342 e. The quantitative estimate of drug-likeness (QED) is 0.566. The van der Waals surface area contributed by atoms with E-state index in [0.717, 1.165) is 17.3 Å². The molecule has 0 amide bonds. The number of quaternary nitrogens is 1. The normalized spacial score (nSPS) is 13.6. The van der Waals surface area contributed by atoms with Gasteiger partial charge in [-0.3, -0.25) is 0 Å². The molecular formula is C24H28F3N2+. The van der Waals surface area contributed by atoms with Crippen LogP contribution in [0.3, 0.4) is 0 Å². The minimum absolute atomic E-state index is 0.246. The first-order chi connectivity index (χ1) is 13.8. The zero-order valence-corrected chi connectivity index (χ0v) is 17.1. The molecule has 0 spiro atoms. The summed E-state index contributed by atoms with van der Waals surface area (Å²) in [6, 6.07) is 14.7. The first kappa shape index (κ1) is 21.2. The van der Waals surface area contributed by atoms with Crippen molar-refractivity contribution in [3.05, 3.63) is 95.1 Å². The molecule has 0 fully saturated rings. The van der Waals surface area contributed by atoms with Gasteiger partial charge in [-0.25, -0.2) is 13.2 Å². The molecule has 0 radical (unpaired) electrons. The third kappa shape index (κ3) is 5.51. The molecule has 0 saturated heterocycles. The Kier molecular flexibility index (Phi) is 6.80. The molecule has 2 nitrogen and oxygen atoms in total. The highest BCUT2D eigenvalue weighted by Gasteiger charge is 2.24. The zero-order chi connectivity index (χ0) is 21.0. The Morgan fingerprint density at radius 1 is 0.862 bits per heavy atom. The van der Waals surface area contributed by atoms with E-state index in [2.05, 4.69) is 31.4 Å². The summed E-state index contributed by atoms with van der Waals surface area (Å²) in [6.07, 6.45) is 2.01. The van der Waals surface area contributed by atoms with Crippen LogP contribution >= 0.6 is 0 Å². The Morgan fingerprint density at radius 2 is 1.55 bits per heavy atom. The molecule has 0 aliphatic rings. The summed E-state index contributed by atoms with van der Waals surface area (Å²) in [7, 11) is 0. The Bertz CT molecular complexity index is 932. The Balaban J connectivity index is 1.81. The summed E-state index contributed by atoms with van der Waals surface area (Å²) in [4.78, 5) is 1.21. The minimum atomic E-state index is -0.558. The zero-order valence-electron chi connectivity index (χ0n) is 17.1. The number of nitrogens with zero attached hydrogens (tertiary/aromatic N) is 1. The van der Waals surface area contributed by atoms with Crippen LogP contribution in [0, 0.1) is 23.4 Å². The second-order valence-corrected chi connectivity index (χ2v) is 8.03. The van der Waals surface area contributed by atoms with E-state index in [9.17, 15) is 13.2 Å². The molecule has 3 aromatic rings. The number of hydrogen-bond donors (Lipinski definition) is 1. The van der Waals surface area contributed by atoms with Crippen LogP contribution in [0.15, 0.2) is 60.8 Å². The molecule has 5 heteroatoms. The fraction of sp³-hybridized carbons (Fsp3) is 0.333. The van der Waals surface area contributed by atoms with Gasteiger partial charge in [0, 0.05) is 30.3 Å². The van der Waals surface area contributed by atoms with Crippen LogP contribution in [-0.2, 0) is 19.6 Å². The molecule has 0 aliphatic heterocycles. The number of hydrogen-bond acceptors (Lipinski definition) is 0. The predicted octanol–water partition coefficient (Wildman–Crippen LogP) is 4.58. The van der Waals surface area contributed by atoms with Crippen molar-refractivity contribution < 1.29 is 18.1 Å². The molecule has 0 saturated carbocycles. The average Bonchev–Trinajstić information content (AvgIpc) is 3.11. The van der Waals surface area contributed by atoms with Crippen molar-refractivity contribution in [2.45, 2.75) is 46.4 Å².